The second-order valence-corrected chi connectivity index (χ2v) is 4.87. The molecular formula is C12H15S. The molecule has 0 bridgehead atoms. The highest BCUT2D eigenvalue weighted by molar-refractivity contribution is 8.00. The van der Waals surface area contributed by atoms with Crippen LogP contribution < -0.4 is 0 Å². The minimum absolute atomic E-state index is 0.854. The van der Waals surface area contributed by atoms with Crippen LogP contribution in [-0.4, -0.2) is 5.25 Å². The fraction of sp³-hybridized carbons (Fsp3) is 0.417. The molecular weight excluding hydrogens is 176 g/mol. The average molecular weight is 191 g/mol. The van der Waals surface area contributed by atoms with Crippen molar-refractivity contribution >= 4 is 11.8 Å². The predicted octanol–water partition coefficient (Wildman–Crippen LogP) is 3.93. The third kappa shape index (κ3) is 2.77. The van der Waals surface area contributed by atoms with Crippen LogP contribution in [0.15, 0.2) is 35.2 Å². The number of rotatable bonds is 2. The Morgan fingerprint density at radius 3 is 2.38 bits per heavy atom. The van der Waals surface area contributed by atoms with Gasteiger partial charge >= 0.3 is 0 Å². The van der Waals surface area contributed by atoms with Crippen molar-refractivity contribution in [2.45, 2.75) is 35.8 Å². The number of thioether (sulfide) groups is 1. The van der Waals surface area contributed by atoms with E-state index in [0.717, 1.165) is 5.25 Å². The molecule has 69 valence electrons. The summed E-state index contributed by atoms with van der Waals surface area (Å²) in [5.41, 5.74) is 0. The molecule has 0 atom stereocenters. The molecule has 1 aliphatic rings. The highest BCUT2D eigenvalue weighted by Gasteiger charge is 2.13. The molecule has 1 aromatic rings. The van der Waals surface area contributed by atoms with Gasteiger partial charge in [-0.2, -0.15) is 0 Å². The van der Waals surface area contributed by atoms with Crippen LogP contribution >= 0.6 is 11.8 Å². The van der Waals surface area contributed by atoms with Crippen LogP contribution in [0.3, 0.4) is 0 Å². The molecule has 0 heterocycles. The van der Waals surface area contributed by atoms with Crippen molar-refractivity contribution in [2.75, 3.05) is 0 Å². The van der Waals surface area contributed by atoms with Crippen molar-refractivity contribution < 1.29 is 0 Å². The minimum atomic E-state index is 0.854. The zero-order valence-corrected chi connectivity index (χ0v) is 8.59. The van der Waals surface area contributed by atoms with Gasteiger partial charge < -0.3 is 0 Å². The summed E-state index contributed by atoms with van der Waals surface area (Å²) < 4.78 is 0. The van der Waals surface area contributed by atoms with E-state index < -0.39 is 0 Å². The first-order chi connectivity index (χ1) is 6.45. The van der Waals surface area contributed by atoms with Crippen LogP contribution in [0.1, 0.15) is 25.7 Å². The molecule has 2 rings (SSSR count). The van der Waals surface area contributed by atoms with Crippen molar-refractivity contribution in [1.29, 1.82) is 0 Å². The highest BCUT2D eigenvalue weighted by Crippen LogP contribution is 2.32. The molecule has 0 aliphatic heterocycles. The zero-order valence-electron chi connectivity index (χ0n) is 7.78. The maximum atomic E-state index is 2.42. The number of hydrogen-bond acceptors (Lipinski definition) is 1. The first kappa shape index (κ1) is 9.14. The molecule has 1 aromatic carbocycles. The molecule has 0 amide bonds. The topological polar surface area (TPSA) is 0 Å². The van der Waals surface area contributed by atoms with E-state index >= 15 is 0 Å². The summed E-state index contributed by atoms with van der Waals surface area (Å²) in [6, 6.07) is 10.7. The molecule has 0 unspecified atom stereocenters. The first-order valence-electron chi connectivity index (χ1n) is 4.98. The van der Waals surface area contributed by atoms with Gasteiger partial charge in [0.25, 0.3) is 0 Å². The van der Waals surface area contributed by atoms with E-state index in [9.17, 15) is 0 Å². The smallest absolute Gasteiger partial charge is 0.00946 e. The van der Waals surface area contributed by atoms with Crippen molar-refractivity contribution in [3.05, 3.63) is 36.8 Å². The van der Waals surface area contributed by atoms with Crippen molar-refractivity contribution in [3.63, 3.8) is 0 Å². The lowest BCUT2D eigenvalue weighted by atomic mass is 10.0. The zero-order chi connectivity index (χ0) is 8.93. The largest absolute Gasteiger partial charge is 0.123 e. The summed E-state index contributed by atoms with van der Waals surface area (Å²) in [5, 5.41) is 0.854. The predicted molar refractivity (Wildman–Crippen MR) is 58.9 cm³/mol. The maximum Gasteiger partial charge on any atom is 0.00946 e. The van der Waals surface area contributed by atoms with Gasteiger partial charge in [0.15, 0.2) is 0 Å². The summed E-state index contributed by atoms with van der Waals surface area (Å²) in [6.45, 7) is 0. The average Bonchev–Trinajstić information content (AvgIpc) is 2.21. The molecule has 13 heavy (non-hydrogen) atoms. The first-order valence-corrected chi connectivity index (χ1v) is 5.86. The number of hydrogen-bond donors (Lipinski definition) is 0. The molecule has 0 aromatic heterocycles. The Morgan fingerprint density at radius 2 is 1.69 bits per heavy atom. The van der Waals surface area contributed by atoms with Crippen LogP contribution in [0, 0.1) is 6.42 Å². The van der Waals surface area contributed by atoms with Crippen LogP contribution in [0.25, 0.3) is 0 Å². The normalized spacial score (nSPS) is 18.8. The van der Waals surface area contributed by atoms with E-state index in [1.807, 2.05) is 11.8 Å². The quantitative estimate of drug-likeness (QED) is 0.682. The van der Waals surface area contributed by atoms with E-state index in [4.69, 9.17) is 0 Å². The van der Waals surface area contributed by atoms with Gasteiger partial charge in [-0.25, -0.2) is 0 Å². The van der Waals surface area contributed by atoms with Gasteiger partial charge in [0, 0.05) is 10.1 Å². The summed E-state index contributed by atoms with van der Waals surface area (Å²) in [7, 11) is 0. The Hall–Kier alpha value is -0.430. The van der Waals surface area contributed by atoms with E-state index in [1.165, 1.54) is 30.6 Å². The van der Waals surface area contributed by atoms with Crippen LogP contribution in [0.2, 0.25) is 0 Å². The fourth-order valence-electron chi connectivity index (χ4n) is 1.71. The van der Waals surface area contributed by atoms with Gasteiger partial charge in [-0.3, -0.25) is 0 Å². The van der Waals surface area contributed by atoms with Gasteiger partial charge in [0.2, 0.25) is 0 Å². The van der Waals surface area contributed by atoms with Crippen molar-refractivity contribution in [1.82, 2.24) is 0 Å². The third-order valence-electron chi connectivity index (χ3n) is 2.43. The third-order valence-corrected chi connectivity index (χ3v) is 3.78. The van der Waals surface area contributed by atoms with Gasteiger partial charge in [0.05, 0.1) is 0 Å². The molecule has 0 saturated heterocycles. The fourth-order valence-corrected chi connectivity index (χ4v) is 2.91. The van der Waals surface area contributed by atoms with Gasteiger partial charge in [-0.1, -0.05) is 18.2 Å². The molecule has 1 aliphatic carbocycles. The van der Waals surface area contributed by atoms with Gasteiger partial charge in [-0.05, 0) is 44.2 Å². The molecule has 0 N–H and O–H groups in total. The van der Waals surface area contributed by atoms with Gasteiger partial charge in [-0.15, -0.1) is 11.8 Å². The maximum absolute atomic E-state index is 2.42. The second kappa shape index (κ2) is 4.71. The summed E-state index contributed by atoms with van der Waals surface area (Å²) in [6.07, 6.45) is 7.76. The Morgan fingerprint density at radius 1 is 1.00 bits per heavy atom. The Balaban J connectivity index is 1.90. The lowest BCUT2D eigenvalue weighted by Crippen LogP contribution is -2.07. The summed E-state index contributed by atoms with van der Waals surface area (Å²) in [4.78, 5) is 1.43. The molecule has 1 heteroatoms. The molecule has 0 nitrogen and oxygen atoms in total. The standard InChI is InChI=1S/C12H15S/c1-3-7-11(8-4-1)13-12-9-5-2-6-10-12/h1-4,7-8,12H,5-6,9-10H2. The van der Waals surface area contributed by atoms with Crippen LogP contribution in [-0.2, 0) is 0 Å². The second-order valence-electron chi connectivity index (χ2n) is 3.50. The summed E-state index contributed by atoms with van der Waals surface area (Å²) in [5.74, 6) is 0. The molecule has 1 fully saturated rings. The van der Waals surface area contributed by atoms with Crippen LogP contribution in [0.4, 0.5) is 0 Å². The van der Waals surface area contributed by atoms with E-state index in [0.29, 0.717) is 0 Å². The molecule has 1 saturated carbocycles. The highest BCUT2D eigenvalue weighted by atomic mass is 32.2. The van der Waals surface area contributed by atoms with E-state index in [1.54, 1.807) is 0 Å². The monoisotopic (exact) mass is 191 g/mol. The van der Waals surface area contributed by atoms with Crippen LogP contribution in [0.5, 0.6) is 0 Å². The summed E-state index contributed by atoms with van der Waals surface area (Å²) >= 11 is 2.04. The van der Waals surface area contributed by atoms with Crippen molar-refractivity contribution in [3.8, 4) is 0 Å². The Bertz CT molecular complexity index is 237. The lowest BCUT2D eigenvalue weighted by Gasteiger charge is -2.20. The Labute approximate surface area is 84.7 Å². The minimum Gasteiger partial charge on any atom is -0.123 e. The Kier molecular flexibility index (Phi) is 3.31. The van der Waals surface area contributed by atoms with E-state index in [-0.39, 0.29) is 0 Å². The van der Waals surface area contributed by atoms with E-state index in [2.05, 4.69) is 36.8 Å². The molecule has 1 radical (unpaired) electrons. The number of benzene rings is 1. The van der Waals surface area contributed by atoms with Crippen molar-refractivity contribution in [2.24, 2.45) is 0 Å². The SMILES string of the molecule is [CH]1CCC(Sc2ccccc2)CC1. The molecule has 0 spiro atoms. The van der Waals surface area contributed by atoms with Gasteiger partial charge in [0.1, 0.15) is 0 Å². The lowest BCUT2D eigenvalue weighted by molar-refractivity contribution is 0.608.